The van der Waals surface area contributed by atoms with E-state index in [1.54, 1.807) is 30.3 Å². The molecule has 0 aliphatic rings. The second kappa shape index (κ2) is 9.11. The molecule has 0 saturated carbocycles. The molecule has 4 aromatic rings. The van der Waals surface area contributed by atoms with E-state index in [2.05, 4.69) is 10.3 Å². The molecule has 0 radical (unpaired) electrons. The summed E-state index contributed by atoms with van der Waals surface area (Å²) in [5.41, 5.74) is -0.825. The van der Waals surface area contributed by atoms with E-state index in [0.29, 0.717) is 0 Å². The average molecular weight is 444 g/mol. The number of carbonyl (C=O) groups is 1. The van der Waals surface area contributed by atoms with Crippen LogP contribution in [0.25, 0.3) is 11.7 Å². The third-order valence-corrected chi connectivity index (χ3v) is 4.53. The number of carbonyl (C=O) groups excluding carboxylic acids is 1. The summed E-state index contributed by atoms with van der Waals surface area (Å²) >= 11 is 0. The van der Waals surface area contributed by atoms with E-state index in [4.69, 9.17) is 4.74 Å². The summed E-state index contributed by atoms with van der Waals surface area (Å²) in [6.07, 6.45) is 2.48. The number of ether oxygens (including phenoxy) is 1. The second-order valence-electron chi connectivity index (χ2n) is 6.73. The Balaban J connectivity index is 1.81. The summed E-state index contributed by atoms with van der Waals surface area (Å²) in [5.74, 6) is -2.47. The highest BCUT2D eigenvalue weighted by atomic mass is 19.1. The third kappa shape index (κ3) is 4.60. The predicted molar refractivity (Wildman–Crippen MR) is 117 cm³/mol. The number of nitriles is 1. The van der Waals surface area contributed by atoms with Crippen LogP contribution < -0.4 is 15.6 Å². The van der Waals surface area contributed by atoms with Crippen molar-refractivity contribution in [1.82, 2.24) is 9.38 Å². The fourth-order valence-corrected chi connectivity index (χ4v) is 2.94. The Morgan fingerprint density at radius 1 is 1.06 bits per heavy atom. The van der Waals surface area contributed by atoms with E-state index in [1.165, 1.54) is 40.9 Å². The fraction of sp³-hybridized carbons (Fsp3) is 0. The first kappa shape index (κ1) is 21.4. The Morgan fingerprint density at radius 3 is 2.52 bits per heavy atom. The number of pyridine rings is 1. The molecule has 2 heterocycles. The van der Waals surface area contributed by atoms with Crippen molar-refractivity contribution < 1.29 is 18.3 Å². The Morgan fingerprint density at radius 2 is 1.79 bits per heavy atom. The first-order valence-corrected chi connectivity index (χ1v) is 9.59. The van der Waals surface area contributed by atoms with Gasteiger partial charge in [0, 0.05) is 11.9 Å². The van der Waals surface area contributed by atoms with Crippen LogP contribution in [0.1, 0.15) is 5.56 Å². The molecule has 0 aliphatic heterocycles. The summed E-state index contributed by atoms with van der Waals surface area (Å²) in [5, 5.41) is 12.0. The number of rotatable bonds is 5. The highest BCUT2D eigenvalue weighted by molar-refractivity contribution is 6.09. The second-order valence-corrected chi connectivity index (χ2v) is 6.73. The number of hydrogen-bond acceptors (Lipinski definition) is 5. The Bertz CT molecular complexity index is 1490. The lowest BCUT2D eigenvalue weighted by Gasteiger charge is -2.11. The van der Waals surface area contributed by atoms with Gasteiger partial charge in [-0.2, -0.15) is 10.2 Å². The van der Waals surface area contributed by atoms with Gasteiger partial charge in [0.15, 0.2) is 11.6 Å². The van der Waals surface area contributed by atoms with Gasteiger partial charge in [0.25, 0.3) is 11.5 Å². The summed E-state index contributed by atoms with van der Waals surface area (Å²) in [7, 11) is 0. The van der Waals surface area contributed by atoms with E-state index >= 15 is 0 Å². The Hall–Kier alpha value is -4.84. The van der Waals surface area contributed by atoms with Crippen LogP contribution in [0, 0.1) is 23.0 Å². The zero-order valence-electron chi connectivity index (χ0n) is 16.8. The van der Waals surface area contributed by atoms with Crippen molar-refractivity contribution in [2.24, 2.45) is 0 Å². The van der Waals surface area contributed by atoms with Gasteiger partial charge in [0.05, 0.1) is 0 Å². The molecule has 4 rings (SSSR count). The summed E-state index contributed by atoms with van der Waals surface area (Å²) in [6.45, 7) is 0. The maximum Gasteiger partial charge on any atom is 0.269 e. The van der Waals surface area contributed by atoms with Gasteiger partial charge >= 0.3 is 0 Å². The van der Waals surface area contributed by atoms with Crippen molar-refractivity contribution in [3.05, 3.63) is 106 Å². The number of nitrogens with one attached hydrogen (secondary N) is 1. The molecule has 0 unspecified atom stereocenters. The molecule has 0 aliphatic carbocycles. The molecule has 7 nitrogen and oxygen atoms in total. The fourth-order valence-electron chi connectivity index (χ4n) is 2.94. The van der Waals surface area contributed by atoms with E-state index in [9.17, 15) is 23.6 Å². The smallest absolute Gasteiger partial charge is 0.269 e. The van der Waals surface area contributed by atoms with Crippen molar-refractivity contribution in [1.29, 1.82) is 5.26 Å². The maximum absolute atomic E-state index is 14.2. The summed E-state index contributed by atoms with van der Waals surface area (Å²) in [6, 6.07) is 17.0. The van der Waals surface area contributed by atoms with E-state index in [-0.39, 0.29) is 28.5 Å². The largest absolute Gasteiger partial charge is 0.435 e. The quantitative estimate of drug-likeness (QED) is 0.366. The van der Waals surface area contributed by atoms with Gasteiger partial charge in [-0.3, -0.25) is 14.0 Å². The number of benzene rings is 2. The molecule has 9 heteroatoms. The molecular weight excluding hydrogens is 430 g/mol. The third-order valence-electron chi connectivity index (χ3n) is 4.53. The van der Waals surface area contributed by atoms with Gasteiger partial charge < -0.3 is 10.1 Å². The van der Waals surface area contributed by atoms with Crippen LogP contribution in [-0.2, 0) is 4.79 Å². The van der Waals surface area contributed by atoms with Crippen molar-refractivity contribution in [3.63, 3.8) is 0 Å². The topological polar surface area (TPSA) is 96.5 Å². The predicted octanol–water partition coefficient (Wildman–Crippen LogP) is 4.31. The van der Waals surface area contributed by atoms with E-state index in [1.807, 2.05) is 0 Å². The van der Waals surface area contributed by atoms with Gasteiger partial charge in [0.2, 0.25) is 5.88 Å². The molecule has 1 amide bonds. The standard InChI is InChI=1S/C24H14F2N4O3/c25-16-8-10-17(11-9-16)28-22(31)15(14-27)13-18-23(33-20-6-2-1-5-19(20)26)29-21-7-3-4-12-30(21)24(18)32/h1-13H,(H,28,31)/b15-13-. The van der Waals surface area contributed by atoms with Crippen LogP contribution in [0.5, 0.6) is 11.6 Å². The Kier molecular flexibility index (Phi) is 5.91. The number of halogens is 2. The molecule has 0 fully saturated rings. The molecule has 0 saturated heterocycles. The minimum atomic E-state index is -0.835. The van der Waals surface area contributed by atoms with Crippen LogP contribution in [0.3, 0.4) is 0 Å². The first-order chi connectivity index (χ1) is 16.0. The van der Waals surface area contributed by atoms with E-state index < -0.39 is 28.7 Å². The Labute approximate surface area is 185 Å². The van der Waals surface area contributed by atoms with Gasteiger partial charge in [-0.05, 0) is 54.6 Å². The number of fused-ring (bicyclic) bond motifs is 1. The highest BCUT2D eigenvalue weighted by Gasteiger charge is 2.18. The van der Waals surface area contributed by atoms with Crippen molar-refractivity contribution in [3.8, 4) is 17.7 Å². The molecule has 33 heavy (non-hydrogen) atoms. The number of aromatic nitrogens is 2. The zero-order valence-corrected chi connectivity index (χ0v) is 16.8. The molecule has 2 aromatic carbocycles. The van der Waals surface area contributed by atoms with Gasteiger partial charge in [-0.15, -0.1) is 0 Å². The normalized spacial score (nSPS) is 11.1. The first-order valence-electron chi connectivity index (χ1n) is 9.59. The van der Waals surface area contributed by atoms with Crippen molar-refractivity contribution in [2.45, 2.75) is 0 Å². The van der Waals surface area contributed by atoms with Crippen molar-refractivity contribution >= 4 is 23.3 Å². The highest BCUT2D eigenvalue weighted by Crippen LogP contribution is 2.26. The number of para-hydroxylation sites is 1. The van der Waals surface area contributed by atoms with Crippen LogP contribution >= 0.6 is 0 Å². The maximum atomic E-state index is 14.2. The zero-order chi connectivity index (χ0) is 23.4. The number of anilines is 1. The summed E-state index contributed by atoms with van der Waals surface area (Å²) in [4.78, 5) is 30.0. The molecule has 0 spiro atoms. The minimum absolute atomic E-state index is 0.186. The number of nitrogens with zero attached hydrogens (tertiary/aromatic N) is 3. The minimum Gasteiger partial charge on any atom is -0.435 e. The average Bonchev–Trinajstić information content (AvgIpc) is 2.82. The lowest BCUT2D eigenvalue weighted by molar-refractivity contribution is -0.112. The summed E-state index contributed by atoms with van der Waals surface area (Å²) < 4.78 is 34.0. The van der Waals surface area contributed by atoms with Gasteiger partial charge in [-0.25, -0.2) is 8.78 Å². The molecular formula is C24H14F2N4O3. The molecule has 2 aromatic heterocycles. The molecule has 162 valence electrons. The lowest BCUT2D eigenvalue weighted by atomic mass is 10.1. The van der Waals surface area contributed by atoms with Crippen LogP contribution in [-0.4, -0.2) is 15.3 Å². The van der Waals surface area contributed by atoms with E-state index in [0.717, 1.165) is 18.2 Å². The molecule has 1 N–H and O–H groups in total. The van der Waals surface area contributed by atoms with Crippen LogP contribution in [0.4, 0.5) is 14.5 Å². The monoisotopic (exact) mass is 444 g/mol. The van der Waals surface area contributed by atoms with Gasteiger partial charge in [-0.1, -0.05) is 18.2 Å². The number of hydrogen-bond donors (Lipinski definition) is 1. The van der Waals surface area contributed by atoms with Gasteiger partial charge in [0.1, 0.15) is 28.7 Å². The van der Waals surface area contributed by atoms with Crippen LogP contribution in [0.15, 0.2) is 83.3 Å². The SMILES string of the molecule is N#C/C(=C/c1c(Oc2ccccc2F)nc2ccccn2c1=O)C(=O)Nc1ccc(F)cc1. The number of amides is 1. The van der Waals surface area contributed by atoms with Crippen LogP contribution in [0.2, 0.25) is 0 Å². The van der Waals surface area contributed by atoms with Crippen molar-refractivity contribution in [2.75, 3.05) is 5.32 Å². The molecule has 0 atom stereocenters. The lowest BCUT2D eigenvalue weighted by Crippen LogP contribution is -2.20. The molecule has 0 bridgehead atoms.